The number of aromatic nitrogens is 3. The molecule has 0 unspecified atom stereocenters. The number of hydrogen-bond acceptors (Lipinski definition) is 7. The maximum absolute atomic E-state index is 15.3. The van der Waals surface area contributed by atoms with Gasteiger partial charge < -0.3 is 15.0 Å². The van der Waals surface area contributed by atoms with Gasteiger partial charge in [0.15, 0.2) is 0 Å². The topological polar surface area (TPSA) is 83.5 Å². The van der Waals surface area contributed by atoms with Crippen LogP contribution in [-0.2, 0) is 6.54 Å². The third kappa shape index (κ3) is 5.18. The van der Waals surface area contributed by atoms with Crippen molar-refractivity contribution in [2.24, 2.45) is 0 Å². The number of carbonyl (C=O) groups excluding carboxylic acids is 1. The largest absolute Gasteiger partial charge is 0.495 e. The number of carbonyl (C=O) groups is 1. The third-order valence-corrected chi connectivity index (χ3v) is 7.15. The standard InChI is InChI=1S/C28H28ClFN6O2/c1-17-14-21(38-3)24(29)23(25(17)30)19-5-6-20(27-26(19)31-8-9-32-27)28(37)34-22-7-4-18(15-33-22)16-36-12-10-35(2)11-13-36/h4-9,14-15H,10-13,16H2,1-3H3,(H,33,34,37). The Kier molecular flexibility index (Phi) is 7.51. The van der Waals surface area contributed by atoms with Crippen LogP contribution in [0, 0.1) is 12.7 Å². The lowest BCUT2D eigenvalue weighted by molar-refractivity contribution is 0.102. The normalized spacial score (nSPS) is 14.6. The Morgan fingerprint density at radius 1 is 1.08 bits per heavy atom. The summed E-state index contributed by atoms with van der Waals surface area (Å²) in [6, 6.07) is 8.52. The number of amides is 1. The summed E-state index contributed by atoms with van der Waals surface area (Å²) >= 11 is 6.51. The smallest absolute Gasteiger partial charge is 0.259 e. The number of fused-ring (bicyclic) bond motifs is 1. The van der Waals surface area contributed by atoms with Gasteiger partial charge in [-0.05, 0) is 43.3 Å². The molecule has 0 atom stereocenters. The summed E-state index contributed by atoms with van der Waals surface area (Å²) in [6.45, 7) is 6.59. The van der Waals surface area contributed by atoms with Crippen LogP contribution < -0.4 is 10.1 Å². The predicted octanol–water partition coefficient (Wildman–Crippen LogP) is 4.80. The van der Waals surface area contributed by atoms with Crippen molar-refractivity contribution in [2.75, 3.05) is 45.7 Å². The second-order valence-corrected chi connectivity index (χ2v) is 9.78. The molecule has 0 radical (unpaired) electrons. The molecule has 1 N–H and O–H groups in total. The summed E-state index contributed by atoms with van der Waals surface area (Å²) in [5, 5.41) is 2.96. The number of likely N-dealkylation sites (N-methyl/N-ethyl adjacent to an activating group) is 1. The fourth-order valence-corrected chi connectivity index (χ4v) is 4.92. The van der Waals surface area contributed by atoms with Crippen molar-refractivity contribution in [3.05, 3.63) is 76.5 Å². The molecule has 8 nitrogen and oxygen atoms in total. The van der Waals surface area contributed by atoms with E-state index in [1.807, 2.05) is 6.07 Å². The van der Waals surface area contributed by atoms with E-state index in [9.17, 15) is 4.79 Å². The maximum Gasteiger partial charge on any atom is 0.259 e. The second kappa shape index (κ2) is 11.0. The molecule has 1 amide bonds. The fourth-order valence-electron chi connectivity index (χ4n) is 4.61. The summed E-state index contributed by atoms with van der Waals surface area (Å²) < 4.78 is 20.6. The van der Waals surface area contributed by atoms with Gasteiger partial charge in [-0.3, -0.25) is 19.7 Å². The number of piperazine rings is 1. The molecule has 1 aliphatic heterocycles. The van der Waals surface area contributed by atoms with Crippen molar-refractivity contribution in [1.29, 1.82) is 0 Å². The molecule has 1 saturated heterocycles. The highest BCUT2D eigenvalue weighted by atomic mass is 35.5. The highest BCUT2D eigenvalue weighted by Crippen LogP contribution is 2.41. The molecule has 2 aromatic heterocycles. The maximum atomic E-state index is 15.3. The number of pyridine rings is 1. The van der Waals surface area contributed by atoms with Crippen molar-refractivity contribution in [3.63, 3.8) is 0 Å². The average molecular weight is 535 g/mol. The minimum absolute atomic E-state index is 0.126. The Balaban J connectivity index is 1.41. The first kappa shape index (κ1) is 26.0. The van der Waals surface area contributed by atoms with Gasteiger partial charge in [-0.2, -0.15) is 0 Å². The van der Waals surface area contributed by atoms with Gasteiger partial charge in [0.2, 0.25) is 0 Å². The molecule has 196 valence electrons. The van der Waals surface area contributed by atoms with Crippen molar-refractivity contribution < 1.29 is 13.9 Å². The van der Waals surface area contributed by atoms with Gasteiger partial charge in [0.25, 0.3) is 5.91 Å². The van der Waals surface area contributed by atoms with Crippen LogP contribution in [0.1, 0.15) is 21.5 Å². The molecule has 5 rings (SSSR count). The number of rotatable bonds is 6. The van der Waals surface area contributed by atoms with Crippen LogP contribution in [0.5, 0.6) is 5.75 Å². The number of methoxy groups -OCH3 is 1. The van der Waals surface area contributed by atoms with Gasteiger partial charge in [0.1, 0.15) is 22.9 Å². The SMILES string of the molecule is COc1cc(C)c(F)c(-c2ccc(C(=O)Nc3ccc(CN4CCN(C)CC4)cn3)c3nccnc23)c1Cl. The van der Waals surface area contributed by atoms with Crippen LogP contribution in [0.4, 0.5) is 10.2 Å². The average Bonchev–Trinajstić information content (AvgIpc) is 2.93. The Morgan fingerprint density at radius 2 is 1.82 bits per heavy atom. The van der Waals surface area contributed by atoms with Crippen molar-refractivity contribution >= 4 is 34.4 Å². The minimum atomic E-state index is -0.485. The van der Waals surface area contributed by atoms with Crippen LogP contribution in [0.15, 0.2) is 48.9 Å². The van der Waals surface area contributed by atoms with Crippen LogP contribution >= 0.6 is 11.6 Å². The first-order valence-corrected chi connectivity index (χ1v) is 12.7. The number of nitrogens with zero attached hydrogens (tertiary/aromatic N) is 5. The first-order valence-electron chi connectivity index (χ1n) is 12.3. The van der Waals surface area contributed by atoms with E-state index in [2.05, 4.69) is 37.1 Å². The summed E-state index contributed by atoms with van der Waals surface area (Å²) in [6.07, 6.45) is 4.76. The molecule has 0 bridgehead atoms. The van der Waals surface area contributed by atoms with E-state index in [1.165, 1.54) is 19.5 Å². The Morgan fingerprint density at radius 3 is 2.50 bits per heavy atom. The van der Waals surface area contributed by atoms with Gasteiger partial charge in [-0.15, -0.1) is 0 Å². The van der Waals surface area contributed by atoms with E-state index >= 15 is 4.39 Å². The molecule has 0 aliphatic carbocycles. The van der Waals surface area contributed by atoms with Crippen LogP contribution in [0.25, 0.3) is 22.2 Å². The molecule has 10 heteroatoms. The molecular formula is C28H28ClFN6O2. The van der Waals surface area contributed by atoms with E-state index in [4.69, 9.17) is 16.3 Å². The highest BCUT2D eigenvalue weighted by Gasteiger charge is 2.23. The van der Waals surface area contributed by atoms with Crippen LogP contribution in [-0.4, -0.2) is 71.0 Å². The molecular weight excluding hydrogens is 507 g/mol. The lowest BCUT2D eigenvalue weighted by Crippen LogP contribution is -2.43. The Bertz CT molecular complexity index is 1490. The fraction of sp³-hybridized carbons (Fsp3) is 0.286. The number of ether oxygens (including phenoxy) is 1. The number of nitrogens with one attached hydrogen (secondary N) is 1. The zero-order chi connectivity index (χ0) is 26.8. The minimum Gasteiger partial charge on any atom is -0.495 e. The number of anilines is 1. The summed E-state index contributed by atoms with van der Waals surface area (Å²) in [5.74, 6) is -0.104. The second-order valence-electron chi connectivity index (χ2n) is 9.40. The van der Waals surface area contributed by atoms with Crippen LogP contribution in [0.2, 0.25) is 5.02 Å². The van der Waals surface area contributed by atoms with E-state index in [0.717, 1.165) is 38.3 Å². The van der Waals surface area contributed by atoms with Crippen molar-refractivity contribution in [3.8, 4) is 16.9 Å². The lowest BCUT2D eigenvalue weighted by atomic mass is 9.98. The molecule has 38 heavy (non-hydrogen) atoms. The van der Waals surface area contributed by atoms with Gasteiger partial charge in [0.05, 0.1) is 23.2 Å². The third-order valence-electron chi connectivity index (χ3n) is 6.78. The van der Waals surface area contributed by atoms with E-state index < -0.39 is 11.7 Å². The molecule has 2 aromatic carbocycles. The number of benzene rings is 2. The summed E-state index contributed by atoms with van der Waals surface area (Å²) in [4.78, 5) is 31.2. The van der Waals surface area contributed by atoms with E-state index in [0.29, 0.717) is 33.7 Å². The molecule has 4 aromatic rings. The predicted molar refractivity (Wildman–Crippen MR) is 146 cm³/mol. The number of aryl methyl sites for hydroxylation is 1. The first-order chi connectivity index (χ1) is 18.4. The molecule has 0 spiro atoms. The van der Waals surface area contributed by atoms with E-state index in [-0.39, 0.29) is 16.1 Å². The lowest BCUT2D eigenvalue weighted by Gasteiger charge is -2.32. The zero-order valence-electron chi connectivity index (χ0n) is 21.5. The van der Waals surface area contributed by atoms with Crippen molar-refractivity contribution in [1.82, 2.24) is 24.8 Å². The molecule has 1 fully saturated rings. The van der Waals surface area contributed by atoms with Crippen LogP contribution in [0.3, 0.4) is 0 Å². The molecule has 1 aliphatic rings. The monoisotopic (exact) mass is 534 g/mol. The number of hydrogen-bond donors (Lipinski definition) is 1. The highest BCUT2D eigenvalue weighted by molar-refractivity contribution is 6.35. The Labute approximate surface area is 225 Å². The van der Waals surface area contributed by atoms with Crippen molar-refractivity contribution in [2.45, 2.75) is 13.5 Å². The number of halogens is 2. The molecule has 0 saturated carbocycles. The van der Waals surface area contributed by atoms with E-state index in [1.54, 1.807) is 37.4 Å². The summed E-state index contributed by atoms with van der Waals surface area (Å²) in [7, 11) is 3.60. The quantitative estimate of drug-likeness (QED) is 0.380. The Hall–Kier alpha value is -3.66. The molecule has 3 heterocycles. The van der Waals surface area contributed by atoms with Gasteiger partial charge in [-0.25, -0.2) is 9.37 Å². The zero-order valence-corrected chi connectivity index (χ0v) is 22.2. The summed E-state index contributed by atoms with van der Waals surface area (Å²) in [5.41, 5.74) is 2.99. The van der Waals surface area contributed by atoms with Gasteiger partial charge in [-0.1, -0.05) is 23.7 Å². The van der Waals surface area contributed by atoms with Gasteiger partial charge in [0, 0.05) is 62.4 Å². The van der Waals surface area contributed by atoms with Gasteiger partial charge >= 0.3 is 0 Å².